The number of halogens is 2. The van der Waals surface area contributed by atoms with Crippen molar-refractivity contribution in [2.75, 3.05) is 13.1 Å². The summed E-state index contributed by atoms with van der Waals surface area (Å²) in [6, 6.07) is 15.5. The summed E-state index contributed by atoms with van der Waals surface area (Å²) in [4.78, 5) is 16.1. The molecule has 0 aliphatic carbocycles. The smallest absolute Gasteiger partial charge is 0.410 e. The van der Waals surface area contributed by atoms with E-state index in [1.54, 1.807) is 23.1 Å². The maximum absolute atomic E-state index is 12.9. The molecule has 1 saturated heterocycles. The minimum atomic E-state index is -0.684. The van der Waals surface area contributed by atoms with Crippen LogP contribution in [0.3, 0.4) is 0 Å². The number of likely N-dealkylation sites (tertiary alicyclic amines) is 1. The summed E-state index contributed by atoms with van der Waals surface area (Å²) in [6.07, 6.45) is 3.29. The van der Waals surface area contributed by atoms with Crippen LogP contribution in [0.5, 0.6) is 0 Å². The molecule has 2 heterocycles. The molecule has 0 saturated carbocycles. The molecule has 3 aromatic rings. The van der Waals surface area contributed by atoms with E-state index >= 15 is 0 Å². The van der Waals surface area contributed by atoms with Gasteiger partial charge in [0.15, 0.2) is 12.4 Å². The fraction of sp³-hybridized carbons (Fsp3) is 0.364. The van der Waals surface area contributed by atoms with Crippen molar-refractivity contribution in [1.82, 2.24) is 25.1 Å². The number of carbonyl (C=O) groups is 1. The normalized spacial score (nSPS) is 17.0. The SMILES string of the molecule is O=C(OC(Cn1ncnn1)c1cc(Cl)ccc1Cl)N1CCC(CCc2ccccc2)C1. The molecule has 2 atom stereocenters. The van der Waals surface area contributed by atoms with Gasteiger partial charge >= 0.3 is 6.09 Å². The molecule has 31 heavy (non-hydrogen) atoms. The van der Waals surface area contributed by atoms with Gasteiger partial charge in [0.25, 0.3) is 0 Å². The molecule has 0 bridgehead atoms. The number of aryl methyl sites for hydroxylation is 1. The van der Waals surface area contributed by atoms with Gasteiger partial charge in [0, 0.05) is 28.7 Å². The van der Waals surface area contributed by atoms with E-state index in [-0.39, 0.29) is 12.6 Å². The van der Waals surface area contributed by atoms with Crippen molar-refractivity contribution in [2.24, 2.45) is 5.92 Å². The molecule has 1 aliphatic rings. The molecular weight excluding hydrogens is 437 g/mol. The molecule has 1 aliphatic heterocycles. The number of aromatic nitrogens is 4. The van der Waals surface area contributed by atoms with Crippen LogP contribution >= 0.6 is 23.2 Å². The lowest BCUT2D eigenvalue weighted by Crippen LogP contribution is -2.32. The second-order valence-electron chi connectivity index (χ2n) is 7.65. The Bertz CT molecular complexity index is 1000. The maximum atomic E-state index is 12.9. The monoisotopic (exact) mass is 459 g/mol. The summed E-state index contributed by atoms with van der Waals surface area (Å²) in [5, 5.41) is 12.6. The van der Waals surface area contributed by atoms with Crippen molar-refractivity contribution in [2.45, 2.75) is 31.9 Å². The van der Waals surface area contributed by atoms with E-state index in [4.69, 9.17) is 27.9 Å². The Labute approximate surface area is 190 Å². The second kappa shape index (κ2) is 10.1. The van der Waals surface area contributed by atoms with Crippen LogP contribution < -0.4 is 0 Å². The molecule has 0 radical (unpaired) electrons. The van der Waals surface area contributed by atoms with Crippen molar-refractivity contribution in [3.8, 4) is 0 Å². The van der Waals surface area contributed by atoms with E-state index in [0.717, 1.165) is 19.3 Å². The molecule has 2 aromatic carbocycles. The first-order valence-electron chi connectivity index (χ1n) is 10.2. The molecule has 0 spiro atoms. The summed E-state index contributed by atoms with van der Waals surface area (Å²) < 4.78 is 5.86. The van der Waals surface area contributed by atoms with E-state index in [9.17, 15) is 4.79 Å². The predicted molar refractivity (Wildman–Crippen MR) is 118 cm³/mol. The van der Waals surface area contributed by atoms with Crippen LogP contribution in [0.15, 0.2) is 54.9 Å². The third-order valence-electron chi connectivity index (χ3n) is 5.50. The van der Waals surface area contributed by atoms with E-state index in [1.165, 1.54) is 16.7 Å². The van der Waals surface area contributed by atoms with Crippen LogP contribution in [-0.2, 0) is 17.7 Å². The molecule has 2 unspecified atom stereocenters. The summed E-state index contributed by atoms with van der Waals surface area (Å²) in [7, 11) is 0. The third kappa shape index (κ3) is 5.74. The number of amides is 1. The van der Waals surface area contributed by atoms with Gasteiger partial charge in [-0.05, 0) is 54.2 Å². The number of benzene rings is 2. The lowest BCUT2D eigenvalue weighted by atomic mass is 9.99. The highest BCUT2D eigenvalue weighted by atomic mass is 35.5. The van der Waals surface area contributed by atoms with Crippen LogP contribution in [0.2, 0.25) is 10.0 Å². The van der Waals surface area contributed by atoms with Gasteiger partial charge in [0.05, 0.1) is 0 Å². The van der Waals surface area contributed by atoms with Crippen LogP contribution in [0, 0.1) is 5.92 Å². The Morgan fingerprint density at radius 2 is 2.03 bits per heavy atom. The summed E-state index contributed by atoms with van der Waals surface area (Å²) in [6.45, 7) is 1.55. The Hall–Kier alpha value is -2.64. The minimum absolute atomic E-state index is 0.192. The van der Waals surface area contributed by atoms with E-state index < -0.39 is 6.10 Å². The van der Waals surface area contributed by atoms with E-state index in [0.29, 0.717) is 34.6 Å². The number of tetrazole rings is 1. The fourth-order valence-electron chi connectivity index (χ4n) is 3.83. The molecule has 1 fully saturated rings. The molecule has 1 aromatic heterocycles. The highest BCUT2D eigenvalue weighted by Gasteiger charge is 2.30. The van der Waals surface area contributed by atoms with E-state index in [1.807, 2.05) is 6.07 Å². The number of hydrogen-bond acceptors (Lipinski definition) is 5. The standard InChI is InChI=1S/C22H23Cl2N5O2/c23-18-8-9-20(24)19(12-18)21(14-29-26-15-25-27-29)31-22(30)28-11-10-17(13-28)7-6-16-4-2-1-3-5-16/h1-5,8-9,12,15,17,21H,6-7,10-11,13-14H2. The first-order valence-corrected chi connectivity index (χ1v) is 11.0. The lowest BCUT2D eigenvalue weighted by Gasteiger charge is -2.23. The van der Waals surface area contributed by atoms with Crippen molar-refractivity contribution >= 4 is 29.3 Å². The van der Waals surface area contributed by atoms with Crippen LogP contribution in [0.25, 0.3) is 0 Å². The number of ether oxygens (including phenoxy) is 1. The zero-order valence-electron chi connectivity index (χ0n) is 16.9. The number of hydrogen-bond donors (Lipinski definition) is 0. The van der Waals surface area contributed by atoms with Crippen LogP contribution in [0.1, 0.15) is 30.1 Å². The highest BCUT2D eigenvalue weighted by molar-refractivity contribution is 6.33. The number of nitrogens with zero attached hydrogens (tertiary/aromatic N) is 5. The molecule has 9 heteroatoms. The lowest BCUT2D eigenvalue weighted by molar-refractivity contribution is 0.0550. The fourth-order valence-corrected chi connectivity index (χ4v) is 4.25. The number of rotatable bonds is 7. The highest BCUT2D eigenvalue weighted by Crippen LogP contribution is 2.31. The molecule has 4 rings (SSSR count). The van der Waals surface area contributed by atoms with Gasteiger partial charge in [-0.2, -0.15) is 4.80 Å². The first-order chi connectivity index (χ1) is 15.1. The Kier molecular flexibility index (Phi) is 7.04. The van der Waals surface area contributed by atoms with Gasteiger partial charge in [-0.15, -0.1) is 10.2 Å². The predicted octanol–water partition coefficient (Wildman–Crippen LogP) is 4.81. The van der Waals surface area contributed by atoms with Gasteiger partial charge in [-0.3, -0.25) is 0 Å². The average molecular weight is 460 g/mol. The molecule has 0 N–H and O–H groups in total. The summed E-state index contributed by atoms with van der Waals surface area (Å²) >= 11 is 12.5. The summed E-state index contributed by atoms with van der Waals surface area (Å²) in [5.41, 5.74) is 1.93. The van der Waals surface area contributed by atoms with Crippen molar-refractivity contribution in [3.63, 3.8) is 0 Å². The van der Waals surface area contributed by atoms with Crippen molar-refractivity contribution in [3.05, 3.63) is 76.0 Å². The summed E-state index contributed by atoms with van der Waals surface area (Å²) in [5.74, 6) is 0.456. The van der Waals surface area contributed by atoms with E-state index in [2.05, 4.69) is 39.7 Å². The van der Waals surface area contributed by atoms with Crippen LogP contribution in [0.4, 0.5) is 4.79 Å². The van der Waals surface area contributed by atoms with Crippen molar-refractivity contribution < 1.29 is 9.53 Å². The zero-order valence-corrected chi connectivity index (χ0v) is 18.4. The largest absolute Gasteiger partial charge is 0.439 e. The molecular formula is C22H23Cl2N5O2. The van der Waals surface area contributed by atoms with Gasteiger partial charge in [-0.1, -0.05) is 53.5 Å². The first kappa shape index (κ1) is 21.6. The molecule has 1 amide bonds. The Morgan fingerprint density at radius 3 is 2.81 bits per heavy atom. The second-order valence-corrected chi connectivity index (χ2v) is 8.50. The zero-order chi connectivity index (χ0) is 21.6. The Balaban J connectivity index is 1.39. The maximum Gasteiger partial charge on any atom is 0.410 e. The van der Waals surface area contributed by atoms with Crippen LogP contribution in [-0.4, -0.2) is 44.3 Å². The quantitative estimate of drug-likeness (QED) is 0.506. The van der Waals surface area contributed by atoms with Crippen molar-refractivity contribution in [1.29, 1.82) is 0 Å². The minimum Gasteiger partial charge on any atom is -0.439 e. The average Bonchev–Trinajstić information content (AvgIpc) is 3.46. The number of carbonyl (C=O) groups excluding carboxylic acids is 1. The van der Waals surface area contributed by atoms with Gasteiger partial charge in [0.1, 0.15) is 6.54 Å². The topological polar surface area (TPSA) is 73.1 Å². The Morgan fingerprint density at radius 1 is 1.19 bits per heavy atom. The van der Waals surface area contributed by atoms with Gasteiger partial charge in [0.2, 0.25) is 0 Å². The van der Waals surface area contributed by atoms with Gasteiger partial charge in [-0.25, -0.2) is 4.79 Å². The molecule has 162 valence electrons. The molecule has 7 nitrogen and oxygen atoms in total. The van der Waals surface area contributed by atoms with Gasteiger partial charge < -0.3 is 9.64 Å². The third-order valence-corrected chi connectivity index (χ3v) is 6.08.